The average molecular weight is 263 g/mol. The highest BCUT2D eigenvalue weighted by Crippen LogP contribution is 2.22. The van der Waals surface area contributed by atoms with Crippen LogP contribution in [0.25, 0.3) is 0 Å². The van der Waals surface area contributed by atoms with E-state index in [-0.39, 0.29) is 5.91 Å². The number of hydrogen-bond acceptors (Lipinski definition) is 2. The molecule has 0 aliphatic heterocycles. The number of ether oxygens (including phenoxy) is 1. The van der Waals surface area contributed by atoms with Gasteiger partial charge in [-0.05, 0) is 43.9 Å². The van der Waals surface area contributed by atoms with Crippen LogP contribution in [0, 0.1) is 13.8 Å². The lowest BCUT2D eigenvalue weighted by atomic mass is 10.1. The number of amides is 1. The number of aryl methyl sites for hydroxylation is 1. The van der Waals surface area contributed by atoms with Crippen molar-refractivity contribution in [3.63, 3.8) is 0 Å². The van der Waals surface area contributed by atoms with Crippen molar-refractivity contribution in [1.29, 1.82) is 0 Å². The van der Waals surface area contributed by atoms with Gasteiger partial charge in [0, 0.05) is 6.54 Å². The molecule has 1 rings (SSSR count). The van der Waals surface area contributed by atoms with E-state index in [1.54, 1.807) is 0 Å². The maximum absolute atomic E-state index is 12.0. The zero-order valence-electron chi connectivity index (χ0n) is 12.5. The predicted molar refractivity (Wildman–Crippen MR) is 78.5 cm³/mol. The van der Waals surface area contributed by atoms with Gasteiger partial charge in [0.2, 0.25) is 0 Å². The largest absolute Gasteiger partial charge is 0.480 e. The smallest absolute Gasteiger partial charge is 0.261 e. The number of unbranched alkanes of at least 4 members (excludes halogenated alkanes) is 1. The van der Waals surface area contributed by atoms with Gasteiger partial charge in [-0.25, -0.2) is 0 Å². The lowest BCUT2D eigenvalue weighted by Gasteiger charge is -2.19. The first-order valence-corrected chi connectivity index (χ1v) is 7.10. The summed E-state index contributed by atoms with van der Waals surface area (Å²) < 4.78 is 5.86. The second kappa shape index (κ2) is 7.82. The van der Waals surface area contributed by atoms with Gasteiger partial charge in [0.15, 0.2) is 6.10 Å². The van der Waals surface area contributed by atoms with Crippen LogP contribution in [0.4, 0.5) is 0 Å². The van der Waals surface area contributed by atoms with E-state index >= 15 is 0 Å². The Morgan fingerprint density at radius 2 is 2.05 bits per heavy atom. The summed E-state index contributed by atoms with van der Waals surface area (Å²) in [6.45, 7) is 8.87. The molecule has 106 valence electrons. The minimum absolute atomic E-state index is 0.0168. The molecular weight excluding hydrogens is 238 g/mol. The number of benzene rings is 1. The van der Waals surface area contributed by atoms with E-state index in [0.717, 1.165) is 30.7 Å². The SMILES string of the molecule is CCCCNC(=O)[C@H](CC)Oc1cccc(C)c1C. The van der Waals surface area contributed by atoms with Crippen LogP contribution in [-0.4, -0.2) is 18.6 Å². The van der Waals surface area contributed by atoms with Crippen molar-refractivity contribution >= 4 is 5.91 Å². The molecule has 0 fully saturated rings. The normalized spacial score (nSPS) is 12.0. The van der Waals surface area contributed by atoms with Crippen molar-refractivity contribution in [3.8, 4) is 5.75 Å². The van der Waals surface area contributed by atoms with Crippen molar-refractivity contribution in [2.45, 2.75) is 53.1 Å². The highest BCUT2D eigenvalue weighted by molar-refractivity contribution is 5.81. The van der Waals surface area contributed by atoms with Crippen molar-refractivity contribution in [1.82, 2.24) is 5.32 Å². The molecule has 19 heavy (non-hydrogen) atoms. The zero-order valence-corrected chi connectivity index (χ0v) is 12.5. The maximum atomic E-state index is 12.0. The van der Waals surface area contributed by atoms with Crippen molar-refractivity contribution in [2.75, 3.05) is 6.54 Å². The van der Waals surface area contributed by atoms with Crippen molar-refractivity contribution in [3.05, 3.63) is 29.3 Å². The Hall–Kier alpha value is -1.51. The highest BCUT2D eigenvalue weighted by atomic mass is 16.5. The van der Waals surface area contributed by atoms with Crippen LogP contribution in [-0.2, 0) is 4.79 Å². The fourth-order valence-corrected chi connectivity index (χ4v) is 1.83. The van der Waals surface area contributed by atoms with E-state index in [4.69, 9.17) is 4.74 Å². The Labute approximate surface area is 116 Å². The highest BCUT2D eigenvalue weighted by Gasteiger charge is 2.18. The summed E-state index contributed by atoms with van der Waals surface area (Å²) in [6.07, 6.45) is 2.35. The fraction of sp³-hybridized carbons (Fsp3) is 0.562. The average Bonchev–Trinajstić information content (AvgIpc) is 2.40. The third-order valence-electron chi connectivity index (χ3n) is 3.32. The Balaban J connectivity index is 2.65. The number of hydrogen-bond donors (Lipinski definition) is 1. The van der Waals surface area contributed by atoms with E-state index < -0.39 is 6.10 Å². The van der Waals surface area contributed by atoms with Crippen LogP contribution in [0.1, 0.15) is 44.2 Å². The Morgan fingerprint density at radius 3 is 2.68 bits per heavy atom. The molecule has 0 aliphatic carbocycles. The number of nitrogens with one attached hydrogen (secondary N) is 1. The van der Waals surface area contributed by atoms with E-state index in [1.807, 2.05) is 39.0 Å². The first-order valence-electron chi connectivity index (χ1n) is 7.10. The molecule has 1 N–H and O–H groups in total. The summed E-state index contributed by atoms with van der Waals surface area (Å²) in [7, 11) is 0. The molecule has 3 nitrogen and oxygen atoms in total. The molecule has 0 spiro atoms. The van der Waals surface area contributed by atoms with Crippen LogP contribution in [0.15, 0.2) is 18.2 Å². The summed E-state index contributed by atoms with van der Waals surface area (Å²) in [5.41, 5.74) is 2.28. The van der Waals surface area contributed by atoms with Crippen LogP contribution < -0.4 is 10.1 Å². The molecule has 3 heteroatoms. The molecule has 0 heterocycles. The molecular formula is C16H25NO2. The van der Waals surface area contributed by atoms with E-state index in [9.17, 15) is 4.79 Å². The van der Waals surface area contributed by atoms with Gasteiger partial charge in [0.25, 0.3) is 5.91 Å². The van der Waals surface area contributed by atoms with Gasteiger partial charge in [-0.2, -0.15) is 0 Å². The standard InChI is InChI=1S/C16H25NO2/c1-5-7-11-17-16(18)14(6-2)19-15-10-8-9-12(3)13(15)4/h8-10,14H,5-7,11H2,1-4H3,(H,17,18)/t14-/m0/s1. The van der Waals surface area contributed by atoms with E-state index in [0.29, 0.717) is 6.42 Å². The minimum Gasteiger partial charge on any atom is -0.480 e. The topological polar surface area (TPSA) is 38.3 Å². The quantitative estimate of drug-likeness (QED) is 0.766. The summed E-state index contributed by atoms with van der Waals surface area (Å²) in [5.74, 6) is 0.786. The number of carbonyl (C=O) groups is 1. The monoisotopic (exact) mass is 263 g/mol. The van der Waals surface area contributed by atoms with Crippen molar-refractivity contribution < 1.29 is 9.53 Å². The first kappa shape index (κ1) is 15.5. The molecule has 1 amide bonds. The molecule has 1 aromatic carbocycles. The van der Waals surface area contributed by atoms with Crippen LogP contribution >= 0.6 is 0 Å². The minimum atomic E-state index is -0.405. The molecule has 0 bridgehead atoms. The van der Waals surface area contributed by atoms with Gasteiger partial charge in [0.1, 0.15) is 5.75 Å². The van der Waals surface area contributed by atoms with Gasteiger partial charge in [0.05, 0.1) is 0 Å². The van der Waals surface area contributed by atoms with Gasteiger partial charge >= 0.3 is 0 Å². The Morgan fingerprint density at radius 1 is 1.32 bits per heavy atom. The first-order chi connectivity index (χ1) is 9.10. The molecule has 0 saturated carbocycles. The molecule has 0 unspecified atom stereocenters. The van der Waals surface area contributed by atoms with Crippen molar-refractivity contribution in [2.24, 2.45) is 0 Å². The third kappa shape index (κ3) is 4.58. The number of rotatable bonds is 7. The predicted octanol–water partition coefficient (Wildman–Crippen LogP) is 3.38. The molecule has 1 aromatic rings. The zero-order chi connectivity index (χ0) is 14.3. The van der Waals surface area contributed by atoms with Crippen LogP contribution in [0.3, 0.4) is 0 Å². The van der Waals surface area contributed by atoms with Gasteiger partial charge in [-0.15, -0.1) is 0 Å². The lowest BCUT2D eigenvalue weighted by Crippen LogP contribution is -2.38. The van der Waals surface area contributed by atoms with Gasteiger partial charge < -0.3 is 10.1 Å². The van der Waals surface area contributed by atoms with Crippen LogP contribution in [0.5, 0.6) is 5.75 Å². The summed E-state index contributed by atoms with van der Waals surface area (Å²) in [6, 6.07) is 5.92. The summed E-state index contributed by atoms with van der Waals surface area (Å²) in [5, 5.41) is 2.92. The maximum Gasteiger partial charge on any atom is 0.261 e. The molecule has 0 aliphatic rings. The van der Waals surface area contributed by atoms with E-state index in [1.165, 1.54) is 5.56 Å². The Kier molecular flexibility index (Phi) is 6.40. The van der Waals surface area contributed by atoms with Gasteiger partial charge in [-0.3, -0.25) is 4.79 Å². The fourth-order valence-electron chi connectivity index (χ4n) is 1.83. The second-order valence-corrected chi connectivity index (χ2v) is 4.86. The molecule has 0 aromatic heterocycles. The van der Waals surface area contributed by atoms with Crippen LogP contribution in [0.2, 0.25) is 0 Å². The molecule has 1 atom stereocenters. The Bertz CT molecular complexity index is 415. The molecule has 0 radical (unpaired) electrons. The lowest BCUT2D eigenvalue weighted by molar-refractivity contribution is -0.128. The molecule has 0 saturated heterocycles. The summed E-state index contributed by atoms with van der Waals surface area (Å²) >= 11 is 0. The summed E-state index contributed by atoms with van der Waals surface area (Å²) in [4.78, 5) is 12.0. The van der Waals surface area contributed by atoms with E-state index in [2.05, 4.69) is 12.2 Å². The number of carbonyl (C=O) groups excluding carboxylic acids is 1. The third-order valence-corrected chi connectivity index (χ3v) is 3.32. The van der Waals surface area contributed by atoms with Gasteiger partial charge in [-0.1, -0.05) is 32.4 Å². The second-order valence-electron chi connectivity index (χ2n) is 4.86.